The molecule has 10 nitrogen and oxygen atoms in total. The monoisotopic (exact) mass is 585 g/mol. The molecule has 214 valence electrons. The Kier molecular flexibility index (Phi) is 8.30. The zero-order valence-corrected chi connectivity index (χ0v) is 23.9. The summed E-state index contributed by atoms with van der Waals surface area (Å²) >= 11 is 1.23. The summed E-state index contributed by atoms with van der Waals surface area (Å²) in [4.78, 5) is 42.7. The van der Waals surface area contributed by atoms with E-state index < -0.39 is 16.9 Å². The van der Waals surface area contributed by atoms with Crippen molar-refractivity contribution in [1.29, 1.82) is 0 Å². The maximum Gasteiger partial charge on any atom is 0.338 e. The Bertz CT molecular complexity index is 1860. The van der Waals surface area contributed by atoms with Gasteiger partial charge in [0.15, 0.2) is 4.80 Å². The number of thiazole rings is 1. The molecule has 42 heavy (non-hydrogen) atoms. The number of nitro benzene ring substituents is 1. The van der Waals surface area contributed by atoms with Gasteiger partial charge in [0, 0.05) is 6.07 Å². The molecule has 0 aliphatic carbocycles. The van der Waals surface area contributed by atoms with Gasteiger partial charge < -0.3 is 14.2 Å². The van der Waals surface area contributed by atoms with E-state index in [1.807, 2.05) is 12.1 Å². The fraction of sp³-hybridized carbons (Fsp3) is 0.194. The van der Waals surface area contributed by atoms with Crippen molar-refractivity contribution in [3.05, 3.63) is 131 Å². The molecule has 1 atom stereocenters. The minimum atomic E-state index is -0.717. The third-order valence-corrected chi connectivity index (χ3v) is 7.69. The van der Waals surface area contributed by atoms with Gasteiger partial charge in [-0.25, -0.2) is 9.79 Å². The molecular weight excluding hydrogens is 558 g/mol. The molecule has 1 aromatic heterocycles. The van der Waals surface area contributed by atoms with Crippen molar-refractivity contribution in [2.45, 2.75) is 26.5 Å². The topological polar surface area (TPSA) is 122 Å². The van der Waals surface area contributed by atoms with Crippen LogP contribution < -0.4 is 24.4 Å². The Balaban J connectivity index is 1.48. The van der Waals surface area contributed by atoms with E-state index in [9.17, 15) is 19.7 Å². The first-order chi connectivity index (χ1) is 20.3. The van der Waals surface area contributed by atoms with Gasteiger partial charge in [0.25, 0.3) is 11.2 Å². The molecule has 0 radical (unpaired) electrons. The quantitative estimate of drug-likeness (QED) is 0.163. The van der Waals surface area contributed by atoms with Crippen LogP contribution in [0.2, 0.25) is 0 Å². The number of para-hydroxylation sites is 1. The van der Waals surface area contributed by atoms with Crippen LogP contribution in [-0.4, -0.2) is 29.2 Å². The molecule has 0 amide bonds. The van der Waals surface area contributed by atoms with Crippen LogP contribution in [0.25, 0.3) is 6.08 Å². The lowest BCUT2D eigenvalue weighted by Crippen LogP contribution is -2.39. The molecule has 4 aromatic rings. The number of allylic oxidation sites excluding steroid dienone is 1. The van der Waals surface area contributed by atoms with E-state index in [4.69, 9.17) is 14.2 Å². The maximum absolute atomic E-state index is 13.8. The van der Waals surface area contributed by atoms with Crippen LogP contribution >= 0.6 is 11.3 Å². The predicted octanol–water partition coefficient (Wildman–Crippen LogP) is 4.29. The van der Waals surface area contributed by atoms with Crippen LogP contribution in [0.3, 0.4) is 0 Å². The van der Waals surface area contributed by atoms with Gasteiger partial charge in [-0.05, 0) is 61.4 Å². The van der Waals surface area contributed by atoms with Crippen molar-refractivity contribution in [1.82, 2.24) is 4.57 Å². The molecule has 11 heteroatoms. The van der Waals surface area contributed by atoms with Crippen molar-refractivity contribution < 1.29 is 23.9 Å². The fourth-order valence-corrected chi connectivity index (χ4v) is 5.72. The maximum atomic E-state index is 13.8. The molecule has 3 aromatic carbocycles. The smallest absolute Gasteiger partial charge is 0.338 e. The second-order valence-electron chi connectivity index (χ2n) is 9.32. The number of ether oxygens (including phenoxy) is 3. The molecule has 1 aliphatic heterocycles. The Hall–Kier alpha value is -5.03. The summed E-state index contributed by atoms with van der Waals surface area (Å²) in [6.07, 6.45) is 1.75. The number of hydrogen-bond acceptors (Lipinski definition) is 9. The lowest BCUT2D eigenvalue weighted by Gasteiger charge is -2.24. The number of esters is 1. The zero-order valence-electron chi connectivity index (χ0n) is 23.1. The Morgan fingerprint density at radius 2 is 1.76 bits per heavy atom. The third-order valence-electron chi connectivity index (χ3n) is 6.71. The van der Waals surface area contributed by atoms with Gasteiger partial charge in [-0.1, -0.05) is 47.7 Å². The SMILES string of the molecule is CCOC(=O)C1=C(C)N=c2sc(=Cc3ccc(OCc4ccccc4[N+](=O)[O-])cc3)c(=O)n2C1c1ccc(OC)cc1. The van der Waals surface area contributed by atoms with Crippen molar-refractivity contribution in [3.8, 4) is 11.5 Å². The number of carbonyl (C=O) groups is 1. The summed E-state index contributed by atoms with van der Waals surface area (Å²) < 4.78 is 18.4. The minimum absolute atomic E-state index is 0.00112. The lowest BCUT2D eigenvalue weighted by molar-refractivity contribution is -0.385. The largest absolute Gasteiger partial charge is 0.497 e. The Labute approximate surface area is 244 Å². The Morgan fingerprint density at radius 1 is 1.07 bits per heavy atom. The highest BCUT2D eigenvalue weighted by molar-refractivity contribution is 7.07. The Morgan fingerprint density at radius 3 is 2.43 bits per heavy atom. The molecule has 1 unspecified atom stereocenters. The van der Waals surface area contributed by atoms with Gasteiger partial charge in [-0.3, -0.25) is 19.5 Å². The van der Waals surface area contributed by atoms with Crippen LogP contribution in [0, 0.1) is 10.1 Å². The molecule has 2 heterocycles. The van der Waals surface area contributed by atoms with E-state index in [1.165, 1.54) is 22.0 Å². The zero-order chi connectivity index (χ0) is 29.8. The van der Waals surface area contributed by atoms with E-state index in [0.717, 1.165) is 11.1 Å². The summed E-state index contributed by atoms with van der Waals surface area (Å²) in [5.74, 6) is 0.658. The first kappa shape index (κ1) is 28.5. The molecular formula is C31H27N3O7S. The number of benzene rings is 3. The molecule has 5 rings (SSSR count). The van der Waals surface area contributed by atoms with Crippen molar-refractivity contribution in [3.63, 3.8) is 0 Å². The average molecular weight is 586 g/mol. The fourth-order valence-electron chi connectivity index (χ4n) is 4.68. The van der Waals surface area contributed by atoms with Crippen LogP contribution in [0.1, 0.15) is 36.6 Å². The number of carbonyl (C=O) groups excluding carboxylic acids is 1. The van der Waals surface area contributed by atoms with Crippen LogP contribution in [0.5, 0.6) is 11.5 Å². The number of nitrogens with zero attached hydrogens (tertiary/aromatic N) is 3. The van der Waals surface area contributed by atoms with E-state index in [-0.39, 0.29) is 24.5 Å². The summed E-state index contributed by atoms with van der Waals surface area (Å²) in [5, 5.41) is 11.3. The molecule has 0 saturated heterocycles. The molecule has 0 saturated carbocycles. The van der Waals surface area contributed by atoms with Crippen LogP contribution in [0.4, 0.5) is 5.69 Å². The first-order valence-electron chi connectivity index (χ1n) is 13.1. The normalized spacial score (nSPS) is 14.6. The molecule has 1 aliphatic rings. The summed E-state index contributed by atoms with van der Waals surface area (Å²) in [7, 11) is 1.57. The standard InChI is InChI=1S/C31H27N3O7S/c1-4-40-30(36)27-19(2)32-31-33(28(27)21-11-15-23(39-3)16-12-21)29(35)26(42-31)17-20-9-13-24(14-10-20)41-18-22-7-5-6-8-25(22)34(37)38/h5-17,28H,4,18H2,1-3H3. The summed E-state index contributed by atoms with van der Waals surface area (Å²) in [6.45, 7) is 3.70. The van der Waals surface area contributed by atoms with Crippen molar-refractivity contribution in [2.24, 2.45) is 4.99 Å². The minimum Gasteiger partial charge on any atom is -0.497 e. The first-order valence-corrected chi connectivity index (χ1v) is 13.9. The van der Waals surface area contributed by atoms with E-state index >= 15 is 0 Å². The van der Waals surface area contributed by atoms with Gasteiger partial charge >= 0.3 is 5.97 Å². The molecule has 0 spiro atoms. The van der Waals surface area contributed by atoms with Gasteiger partial charge in [0.2, 0.25) is 0 Å². The highest BCUT2D eigenvalue weighted by Gasteiger charge is 2.33. The number of methoxy groups -OCH3 is 1. The predicted molar refractivity (Wildman–Crippen MR) is 157 cm³/mol. The number of rotatable bonds is 9. The van der Waals surface area contributed by atoms with E-state index in [0.29, 0.717) is 37.7 Å². The van der Waals surface area contributed by atoms with Crippen LogP contribution in [-0.2, 0) is 16.1 Å². The van der Waals surface area contributed by atoms with Gasteiger partial charge in [0.1, 0.15) is 18.1 Å². The molecule has 0 bridgehead atoms. The second-order valence-corrected chi connectivity index (χ2v) is 10.3. The lowest BCUT2D eigenvalue weighted by atomic mass is 9.96. The highest BCUT2D eigenvalue weighted by Crippen LogP contribution is 2.31. The highest BCUT2D eigenvalue weighted by atomic mass is 32.1. The van der Waals surface area contributed by atoms with E-state index in [2.05, 4.69) is 4.99 Å². The molecule has 0 N–H and O–H groups in total. The summed E-state index contributed by atoms with van der Waals surface area (Å²) in [5.41, 5.74) is 2.45. The van der Waals surface area contributed by atoms with Crippen molar-refractivity contribution in [2.75, 3.05) is 13.7 Å². The number of aromatic nitrogens is 1. The van der Waals surface area contributed by atoms with Gasteiger partial charge in [-0.2, -0.15) is 0 Å². The second kappa shape index (κ2) is 12.2. The third kappa shape index (κ3) is 5.72. The number of fused-ring (bicyclic) bond motifs is 1. The van der Waals surface area contributed by atoms with Gasteiger partial charge in [0.05, 0.1) is 46.0 Å². The van der Waals surface area contributed by atoms with E-state index in [1.54, 1.807) is 81.6 Å². The van der Waals surface area contributed by atoms with Crippen molar-refractivity contribution >= 4 is 29.1 Å². The molecule has 0 fully saturated rings. The average Bonchev–Trinajstić information content (AvgIpc) is 3.30. The van der Waals surface area contributed by atoms with Crippen LogP contribution in [0.15, 0.2) is 93.9 Å². The number of hydrogen-bond donors (Lipinski definition) is 0. The number of nitro groups is 1. The summed E-state index contributed by atoms with van der Waals surface area (Å²) in [6, 6.07) is 20.0. The van der Waals surface area contributed by atoms with Gasteiger partial charge in [-0.15, -0.1) is 0 Å².